The molecule has 1 aliphatic rings. The topological polar surface area (TPSA) is 92.3 Å². The van der Waals surface area contributed by atoms with Crippen LogP contribution in [0.25, 0.3) is 0 Å². The minimum Gasteiger partial charge on any atom is -0.326 e. The van der Waals surface area contributed by atoms with Crippen LogP contribution in [-0.2, 0) is 14.6 Å². The lowest BCUT2D eigenvalue weighted by Crippen LogP contribution is -2.15. The van der Waals surface area contributed by atoms with Gasteiger partial charge in [0, 0.05) is 29.1 Å². The highest BCUT2D eigenvalue weighted by atomic mass is 32.2. The second kappa shape index (κ2) is 6.68. The van der Waals surface area contributed by atoms with Crippen LogP contribution in [0.5, 0.6) is 0 Å². The van der Waals surface area contributed by atoms with Crippen LogP contribution in [0.1, 0.15) is 23.2 Å². The van der Waals surface area contributed by atoms with Gasteiger partial charge in [-0.1, -0.05) is 12.1 Å². The number of hydrogen-bond acceptors (Lipinski definition) is 4. The molecule has 2 amide bonds. The molecule has 1 aliphatic carbocycles. The molecule has 0 saturated heterocycles. The molecule has 0 heterocycles. The quantitative estimate of drug-likeness (QED) is 0.859. The van der Waals surface area contributed by atoms with Crippen molar-refractivity contribution in [2.75, 3.05) is 16.9 Å². The molecule has 0 aliphatic heterocycles. The number of sulfone groups is 1. The van der Waals surface area contributed by atoms with Gasteiger partial charge in [-0.05, 0) is 49.2 Å². The van der Waals surface area contributed by atoms with Crippen molar-refractivity contribution < 1.29 is 18.0 Å². The molecule has 0 bridgehead atoms. The first kappa shape index (κ1) is 17.2. The summed E-state index contributed by atoms with van der Waals surface area (Å²) in [6.45, 7) is 0. The van der Waals surface area contributed by atoms with E-state index >= 15 is 0 Å². The van der Waals surface area contributed by atoms with Gasteiger partial charge in [0.15, 0.2) is 9.84 Å². The van der Waals surface area contributed by atoms with Crippen molar-refractivity contribution in [1.29, 1.82) is 0 Å². The molecule has 0 spiro atoms. The predicted molar refractivity (Wildman–Crippen MR) is 95.3 cm³/mol. The fraction of sp³-hybridized carbons (Fsp3) is 0.222. The lowest BCUT2D eigenvalue weighted by atomic mass is 10.2. The van der Waals surface area contributed by atoms with Gasteiger partial charge in [-0.25, -0.2) is 8.42 Å². The van der Waals surface area contributed by atoms with E-state index in [1.807, 2.05) is 0 Å². The van der Waals surface area contributed by atoms with E-state index in [9.17, 15) is 18.0 Å². The summed E-state index contributed by atoms with van der Waals surface area (Å²) in [4.78, 5) is 24.2. The van der Waals surface area contributed by atoms with E-state index in [2.05, 4.69) is 10.6 Å². The van der Waals surface area contributed by atoms with Crippen molar-refractivity contribution in [2.45, 2.75) is 17.7 Å². The van der Waals surface area contributed by atoms with Gasteiger partial charge in [0.25, 0.3) is 5.91 Å². The summed E-state index contributed by atoms with van der Waals surface area (Å²) in [5, 5.41) is 5.53. The number of carbonyl (C=O) groups excluding carboxylic acids is 2. The molecule has 2 aromatic rings. The van der Waals surface area contributed by atoms with Crippen LogP contribution in [-0.4, -0.2) is 26.5 Å². The maximum Gasteiger partial charge on any atom is 0.255 e. The highest BCUT2D eigenvalue weighted by Crippen LogP contribution is 2.30. The average Bonchev–Trinajstić information content (AvgIpc) is 3.39. The standard InChI is InChI=1S/C18H18N2O4S/c1-25(23,24)16-7-2-4-13(10-16)18(22)20-15-6-3-5-14(11-15)19-17(21)12-8-9-12/h2-7,10-12H,8-9H2,1H3,(H,19,21)(H,20,22). The third-order valence-corrected chi connectivity index (χ3v) is 4.97. The maximum atomic E-state index is 12.4. The van der Waals surface area contributed by atoms with Crippen molar-refractivity contribution in [2.24, 2.45) is 5.92 Å². The molecule has 6 nitrogen and oxygen atoms in total. The van der Waals surface area contributed by atoms with E-state index in [4.69, 9.17) is 0 Å². The van der Waals surface area contributed by atoms with Gasteiger partial charge in [-0.15, -0.1) is 0 Å². The summed E-state index contributed by atoms with van der Waals surface area (Å²) in [7, 11) is -3.38. The molecule has 25 heavy (non-hydrogen) atoms. The Hall–Kier alpha value is -2.67. The number of hydrogen-bond donors (Lipinski definition) is 2. The summed E-state index contributed by atoms with van der Waals surface area (Å²) in [6.07, 6.45) is 2.92. The van der Waals surface area contributed by atoms with Crippen molar-refractivity contribution in [3.05, 3.63) is 54.1 Å². The summed E-state index contributed by atoms with van der Waals surface area (Å²) in [5.41, 5.74) is 1.37. The zero-order chi connectivity index (χ0) is 18.0. The number of rotatable bonds is 5. The Morgan fingerprint density at radius 1 is 0.960 bits per heavy atom. The van der Waals surface area contributed by atoms with Crippen LogP contribution < -0.4 is 10.6 Å². The fourth-order valence-electron chi connectivity index (χ4n) is 2.34. The number of carbonyl (C=O) groups is 2. The smallest absolute Gasteiger partial charge is 0.255 e. The summed E-state index contributed by atoms with van der Waals surface area (Å²) < 4.78 is 23.2. The average molecular weight is 358 g/mol. The number of amides is 2. The van der Waals surface area contributed by atoms with E-state index in [0.29, 0.717) is 11.4 Å². The Morgan fingerprint density at radius 3 is 2.24 bits per heavy atom. The van der Waals surface area contributed by atoms with Crippen molar-refractivity contribution >= 4 is 33.0 Å². The van der Waals surface area contributed by atoms with Gasteiger partial charge < -0.3 is 10.6 Å². The largest absolute Gasteiger partial charge is 0.326 e. The zero-order valence-electron chi connectivity index (χ0n) is 13.7. The lowest BCUT2D eigenvalue weighted by Gasteiger charge is -2.09. The number of nitrogens with one attached hydrogen (secondary N) is 2. The van der Waals surface area contributed by atoms with Gasteiger partial charge in [-0.3, -0.25) is 9.59 Å². The first-order chi connectivity index (χ1) is 11.8. The molecule has 0 radical (unpaired) electrons. The van der Waals surface area contributed by atoms with Gasteiger partial charge in [0.05, 0.1) is 4.90 Å². The van der Waals surface area contributed by atoms with E-state index in [0.717, 1.165) is 19.1 Å². The normalized spacial score (nSPS) is 14.0. The monoisotopic (exact) mass is 358 g/mol. The molecular weight excluding hydrogens is 340 g/mol. The van der Waals surface area contributed by atoms with Crippen molar-refractivity contribution in [3.8, 4) is 0 Å². The highest BCUT2D eigenvalue weighted by molar-refractivity contribution is 7.90. The second-order valence-electron chi connectivity index (χ2n) is 6.10. The first-order valence-corrected chi connectivity index (χ1v) is 9.74. The first-order valence-electron chi connectivity index (χ1n) is 7.85. The third-order valence-electron chi connectivity index (χ3n) is 3.86. The Labute approximate surface area is 146 Å². The molecule has 3 rings (SSSR count). The Balaban J connectivity index is 1.73. The molecule has 1 saturated carbocycles. The van der Waals surface area contributed by atoms with Crippen molar-refractivity contribution in [3.63, 3.8) is 0 Å². The molecule has 1 fully saturated rings. The van der Waals surface area contributed by atoms with Crippen LogP contribution in [0.3, 0.4) is 0 Å². The SMILES string of the molecule is CS(=O)(=O)c1cccc(C(=O)Nc2cccc(NC(=O)C3CC3)c2)c1. The van der Waals surface area contributed by atoms with E-state index in [1.165, 1.54) is 18.2 Å². The molecule has 130 valence electrons. The van der Waals surface area contributed by atoms with Crippen LogP contribution >= 0.6 is 0 Å². The molecule has 7 heteroatoms. The molecule has 0 atom stereocenters. The third kappa shape index (κ3) is 4.45. The van der Waals surface area contributed by atoms with Crippen LogP contribution in [0, 0.1) is 5.92 Å². The molecule has 0 unspecified atom stereocenters. The van der Waals surface area contributed by atoms with E-state index in [1.54, 1.807) is 30.3 Å². The van der Waals surface area contributed by atoms with Crippen molar-refractivity contribution in [1.82, 2.24) is 0 Å². The molecule has 2 N–H and O–H groups in total. The fourth-order valence-corrected chi connectivity index (χ4v) is 3.00. The van der Waals surface area contributed by atoms with Gasteiger partial charge in [0.2, 0.25) is 5.91 Å². The molecule has 2 aromatic carbocycles. The van der Waals surface area contributed by atoms with Crippen LogP contribution in [0.15, 0.2) is 53.4 Å². The Bertz CT molecular complexity index is 934. The predicted octanol–water partition coefficient (Wildman–Crippen LogP) is 2.69. The molecular formula is C18H18N2O4S. The lowest BCUT2D eigenvalue weighted by molar-refractivity contribution is -0.117. The Morgan fingerprint density at radius 2 is 1.60 bits per heavy atom. The number of anilines is 2. The van der Waals surface area contributed by atoms with Crippen LogP contribution in [0.4, 0.5) is 11.4 Å². The summed E-state index contributed by atoms with van der Waals surface area (Å²) >= 11 is 0. The maximum absolute atomic E-state index is 12.4. The van der Waals surface area contributed by atoms with E-state index < -0.39 is 15.7 Å². The van der Waals surface area contributed by atoms with Gasteiger partial charge >= 0.3 is 0 Å². The zero-order valence-corrected chi connectivity index (χ0v) is 14.5. The summed E-state index contributed by atoms with van der Waals surface area (Å²) in [6, 6.07) is 12.7. The van der Waals surface area contributed by atoms with E-state index in [-0.39, 0.29) is 22.3 Å². The Kier molecular flexibility index (Phi) is 4.59. The van der Waals surface area contributed by atoms with Gasteiger partial charge in [0.1, 0.15) is 0 Å². The second-order valence-corrected chi connectivity index (χ2v) is 8.11. The minimum absolute atomic E-state index is 0.00988. The number of benzene rings is 2. The minimum atomic E-state index is -3.38. The summed E-state index contributed by atoms with van der Waals surface area (Å²) in [5.74, 6) is -0.336. The van der Waals surface area contributed by atoms with Gasteiger partial charge in [-0.2, -0.15) is 0 Å². The van der Waals surface area contributed by atoms with Crippen LogP contribution in [0.2, 0.25) is 0 Å². The molecule has 0 aromatic heterocycles. The highest BCUT2D eigenvalue weighted by Gasteiger charge is 2.29.